The van der Waals surface area contributed by atoms with Crippen molar-refractivity contribution < 1.29 is 0 Å². The molecule has 1 aromatic rings. The summed E-state index contributed by atoms with van der Waals surface area (Å²) in [6, 6.07) is 6.77. The van der Waals surface area contributed by atoms with Crippen LogP contribution in [0.5, 0.6) is 0 Å². The van der Waals surface area contributed by atoms with E-state index in [0.717, 1.165) is 25.4 Å². The van der Waals surface area contributed by atoms with Gasteiger partial charge >= 0.3 is 0 Å². The molecule has 1 aromatic carbocycles. The number of allylic oxidation sites excluding steroid dienone is 2. The summed E-state index contributed by atoms with van der Waals surface area (Å²) < 4.78 is 0. The molecule has 0 radical (unpaired) electrons. The van der Waals surface area contributed by atoms with Crippen LogP contribution >= 0.6 is 11.8 Å². The van der Waals surface area contributed by atoms with Crippen LogP contribution in [-0.4, -0.2) is 23.7 Å². The Morgan fingerprint density at radius 1 is 1.33 bits per heavy atom. The summed E-state index contributed by atoms with van der Waals surface area (Å²) in [5.74, 6) is 1.15. The first-order valence-electron chi connectivity index (χ1n) is 7.61. The molecule has 0 saturated heterocycles. The van der Waals surface area contributed by atoms with E-state index in [2.05, 4.69) is 43.2 Å². The number of benzene rings is 1. The van der Waals surface area contributed by atoms with Crippen molar-refractivity contribution in [3.8, 4) is 0 Å². The van der Waals surface area contributed by atoms with Crippen LogP contribution in [0, 0.1) is 6.92 Å². The summed E-state index contributed by atoms with van der Waals surface area (Å²) in [4.78, 5) is 3.91. The molecule has 0 N–H and O–H groups in total. The molecule has 1 aliphatic heterocycles. The first kappa shape index (κ1) is 17.8. The van der Waals surface area contributed by atoms with Crippen LogP contribution in [-0.2, 0) is 6.54 Å². The van der Waals surface area contributed by atoms with Gasteiger partial charge in [0.05, 0.1) is 0 Å². The van der Waals surface area contributed by atoms with E-state index in [4.69, 9.17) is 0 Å². The molecule has 2 rings (SSSR count). The number of fused-ring (bicyclic) bond motifs is 1. The van der Waals surface area contributed by atoms with Gasteiger partial charge in [0.1, 0.15) is 0 Å². The maximum absolute atomic E-state index is 3.88. The fourth-order valence-corrected chi connectivity index (χ4v) is 3.35. The molecular formula is C19H27NS. The second-order valence-corrected chi connectivity index (χ2v) is 5.99. The van der Waals surface area contributed by atoms with Gasteiger partial charge in [-0.1, -0.05) is 62.9 Å². The number of hydrogen-bond acceptors (Lipinski definition) is 2. The maximum Gasteiger partial charge on any atom is 0.0248 e. The van der Waals surface area contributed by atoms with Crippen molar-refractivity contribution in [1.29, 1.82) is 0 Å². The van der Waals surface area contributed by atoms with E-state index in [9.17, 15) is 0 Å². The van der Waals surface area contributed by atoms with E-state index in [0.29, 0.717) is 0 Å². The minimum Gasteiger partial charge on any atom is -0.294 e. The smallest absolute Gasteiger partial charge is 0.0248 e. The molecule has 0 bridgehead atoms. The van der Waals surface area contributed by atoms with Gasteiger partial charge in [-0.2, -0.15) is 0 Å². The second-order valence-electron chi connectivity index (χ2n) is 4.85. The summed E-state index contributed by atoms with van der Waals surface area (Å²) in [7, 11) is 0. The van der Waals surface area contributed by atoms with Gasteiger partial charge < -0.3 is 0 Å². The molecule has 0 aromatic heterocycles. The van der Waals surface area contributed by atoms with Crippen molar-refractivity contribution >= 4 is 11.8 Å². The molecule has 0 spiro atoms. The molecule has 0 saturated carbocycles. The SMILES string of the molecule is C=C/C=C(\C=C)CN1CCSc2ccc(C)cc2C1.CC. The second kappa shape index (κ2) is 9.64. The molecule has 1 heterocycles. The predicted molar refractivity (Wildman–Crippen MR) is 97.0 cm³/mol. The fourth-order valence-electron chi connectivity index (χ4n) is 2.31. The Morgan fingerprint density at radius 2 is 2.10 bits per heavy atom. The monoisotopic (exact) mass is 301 g/mol. The Balaban J connectivity index is 0.00000106. The number of thioether (sulfide) groups is 1. The lowest BCUT2D eigenvalue weighted by Crippen LogP contribution is -2.26. The van der Waals surface area contributed by atoms with Crippen molar-refractivity contribution in [3.05, 3.63) is 66.3 Å². The van der Waals surface area contributed by atoms with Gasteiger partial charge in [0.15, 0.2) is 0 Å². The maximum atomic E-state index is 3.88. The largest absolute Gasteiger partial charge is 0.294 e. The highest BCUT2D eigenvalue weighted by Crippen LogP contribution is 2.28. The van der Waals surface area contributed by atoms with Gasteiger partial charge in [-0.15, -0.1) is 11.8 Å². The van der Waals surface area contributed by atoms with Gasteiger partial charge in [0.2, 0.25) is 0 Å². The van der Waals surface area contributed by atoms with Gasteiger partial charge in [-0.25, -0.2) is 0 Å². The average molecular weight is 301 g/mol. The Labute approximate surface area is 134 Å². The molecule has 21 heavy (non-hydrogen) atoms. The minimum absolute atomic E-state index is 0.948. The lowest BCUT2D eigenvalue weighted by molar-refractivity contribution is 0.309. The summed E-state index contributed by atoms with van der Waals surface area (Å²) in [5.41, 5.74) is 4.02. The molecule has 2 heteroatoms. The number of nitrogens with zero attached hydrogens (tertiary/aromatic N) is 1. The lowest BCUT2D eigenvalue weighted by Gasteiger charge is -2.20. The zero-order valence-electron chi connectivity index (χ0n) is 13.6. The third-order valence-corrected chi connectivity index (χ3v) is 4.37. The van der Waals surface area contributed by atoms with Crippen LogP contribution in [0.15, 0.2) is 60.1 Å². The van der Waals surface area contributed by atoms with E-state index < -0.39 is 0 Å². The minimum atomic E-state index is 0.948. The van der Waals surface area contributed by atoms with Gasteiger partial charge in [0, 0.05) is 30.3 Å². The third-order valence-electron chi connectivity index (χ3n) is 3.28. The zero-order chi connectivity index (χ0) is 15.7. The highest BCUT2D eigenvalue weighted by Gasteiger charge is 2.15. The summed E-state index contributed by atoms with van der Waals surface area (Å²) in [6.07, 6.45) is 5.81. The summed E-state index contributed by atoms with van der Waals surface area (Å²) in [5, 5.41) is 0. The van der Waals surface area contributed by atoms with Crippen molar-refractivity contribution in [1.82, 2.24) is 4.90 Å². The molecule has 1 nitrogen and oxygen atoms in total. The molecule has 0 atom stereocenters. The highest BCUT2D eigenvalue weighted by atomic mass is 32.2. The molecule has 0 fully saturated rings. The van der Waals surface area contributed by atoms with Crippen LogP contribution in [0.3, 0.4) is 0 Å². The number of aryl methyl sites for hydroxylation is 1. The molecule has 0 unspecified atom stereocenters. The molecular weight excluding hydrogens is 274 g/mol. The van der Waals surface area contributed by atoms with E-state index in [1.165, 1.54) is 21.6 Å². The normalized spacial score (nSPS) is 15.3. The van der Waals surface area contributed by atoms with E-state index in [-0.39, 0.29) is 0 Å². The zero-order valence-corrected chi connectivity index (χ0v) is 14.4. The van der Waals surface area contributed by atoms with Crippen LogP contribution in [0.2, 0.25) is 0 Å². The molecule has 0 aliphatic carbocycles. The number of hydrogen-bond donors (Lipinski definition) is 0. The Kier molecular flexibility index (Phi) is 8.17. The molecule has 1 aliphatic rings. The quantitative estimate of drug-likeness (QED) is 0.701. The predicted octanol–water partition coefficient (Wildman–Crippen LogP) is 5.23. The Hall–Kier alpha value is -1.25. The van der Waals surface area contributed by atoms with Crippen LogP contribution < -0.4 is 0 Å². The number of rotatable bonds is 4. The first-order chi connectivity index (χ1) is 10.2. The van der Waals surface area contributed by atoms with Gasteiger partial charge in [0.25, 0.3) is 0 Å². The van der Waals surface area contributed by atoms with Crippen molar-refractivity contribution in [2.24, 2.45) is 0 Å². The van der Waals surface area contributed by atoms with Crippen molar-refractivity contribution in [2.45, 2.75) is 32.2 Å². The van der Waals surface area contributed by atoms with Crippen molar-refractivity contribution in [2.75, 3.05) is 18.8 Å². The van der Waals surface area contributed by atoms with E-state index in [1.54, 1.807) is 0 Å². The van der Waals surface area contributed by atoms with Crippen LogP contribution in [0.1, 0.15) is 25.0 Å². The third kappa shape index (κ3) is 5.56. The van der Waals surface area contributed by atoms with E-state index >= 15 is 0 Å². The standard InChI is InChI=1S/C17H21NS.C2H6/c1-4-6-15(5-2)12-18-9-10-19-17-8-7-14(3)11-16(17)13-18;1-2/h4-8,11H,1-2,9-10,12-13H2,3H3;1-2H3/b15-6+;. The average Bonchev–Trinajstić information content (AvgIpc) is 2.70. The Bertz CT molecular complexity index is 502. The topological polar surface area (TPSA) is 3.24 Å². The summed E-state index contributed by atoms with van der Waals surface area (Å²) >= 11 is 1.96. The summed E-state index contributed by atoms with van der Waals surface area (Å²) in [6.45, 7) is 16.9. The van der Waals surface area contributed by atoms with Gasteiger partial charge in [-0.05, 0) is 24.1 Å². The van der Waals surface area contributed by atoms with Crippen LogP contribution in [0.4, 0.5) is 0 Å². The fraction of sp³-hybridized carbons (Fsp3) is 0.368. The van der Waals surface area contributed by atoms with Crippen LogP contribution in [0.25, 0.3) is 0 Å². The molecule has 114 valence electrons. The van der Waals surface area contributed by atoms with Gasteiger partial charge in [-0.3, -0.25) is 4.90 Å². The highest BCUT2D eigenvalue weighted by molar-refractivity contribution is 7.99. The first-order valence-corrected chi connectivity index (χ1v) is 8.60. The molecule has 0 amide bonds. The van der Waals surface area contributed by atoms with E-state index in [1.807, 2.05) is 43.8 Å². The lowest BCUT2D eigenvalue weighted by atomic mass is 10.1. The Morgan fingerprint density at radius 3 is 2.76 bits per heavy atom. The van der Waals surface area contributed by atoms with Crippen molar-refractivity contribution in [3.63, 3.8) is 0 Å².